The summed E-state index contributed by atoms with van der Waals surface area (Å²) in [5.41, 5.74) is 2.03. The summed E-state index contributed by atoms with van der Waals surface area (Å²) in [4.78, 5) is 21.4. The number of ether oxygens (including phenoxy) is 1. The molecule has 0 radical (unpaired) electrons. The largest absolute Gasteiger partial charge is 0.373 e. The number of aliphatic imine (C=N–C) groups is 1. The minimum atomic E-state index is -0.0331. The molecule has 0 aromatic heterocycles. The van der Waals surface area contributed by atoms with Gasteiger partial charge in [-0.05, 0) is 24.1 Å². The number of nitrogens with one attached hydrogen (secondary N) is 2. The molecule has 0 spiro atoms. The minimum absolute atomic E-state index is 0. The van der Waals surface area contributed by atoms with Crippen molar-refractivity contribution in [2.75, 3.05) is 46.4 Å². The van der Waals surface area contributed by atoms with E-state index < -0.39 is 0 Å². The summed E-state index contributed by atoms with van der Waals surface area (Å²) in [6.45, 7) is 5.81. The molecule has 2 N–H and O–H groups in total. The second-order valence-corrected chi connectivity index (χ2v) is 8.29. The van der Waals surface area contributed by atoms with Crippen molar-refractivity contribution in [3.8, 4) is 0 Å². The third kappa shape index (κ3) is 6.91. The molecule has 2 aromatic rings. The molecule has 33 heavy (non-hydrogen) atoms. The number of hydrogen-bond acceptors (Lipinski definition) is 4. The average molecular weight is 563 g/mol. The number of hydrogen-bond donors (Lipinski definition) is 2. The fourth-order valence-corrected chi connectivity index (χ4v) is 4.46. The number of morpholine rings is 1. The summed E-state index contributed by atoms with van der Waals surface area (Å²) >= 11 is 0. The first-order valence-electron chi connectivity index (χ1n) is 11.4. The van der Waals surface area contributed by atoms with E-state index in [9.17, 15) is 4.79 Å². The molecular weight excluding hydrogens is 529 g/mol. The molecule has 2 atom stereocenters. The van der Waals surface area contributed by atoms with Gasteiger partial charge in [0, 0.05) is 51.9 Å². The molecule has 0 bridgehead atoms. The van der Waals surface area contributed by atoms with Crippen LogP contribution in [0.4, 0.5) is 0 Å². The van der Waals surface area contributed by atoms with Gasteiger partial charge in [-0.25, -0.2) is 0 Å². The van der Waals surface area contributed by atoms with Crippen molar-refractivity contribution >= 4 is 35.8 Å². The van der Waals surface area contributed by atoms with Crippen molar-refractivity contribution in [2.24, 2.45) is 4.99 Å². The minimum Gasteiger partial charge on any atom is -0.373 e. The molecule has 2 saturated heterocycles. The van der Waals surface area contributed by atoms with Gasteiger partial charge < -0.3 is 20.3 Å². The lowest BCUT2D eigenvalue weighted by Gasteiger charge is -2.36. The number of nitrogens with zero attached hydrogens (tertiary/aromatic N) is 3. The summed E-state index contributed by atoms with van der Waals surface area (Å²) in [5.74, 6) is 0.867. The normalized spacial score (nSPS) is 20.6. The van der Waals surface area contributed by atoms with Crippen LogP contribution in [0.2, 0.25) is 0 Å². The molecule has 8 heteroatoms. The lowest BCUT2D eigenvalue weighted by molar-refractivity contribution is -0.0502. The SMILES string of the molecule is CN=C(NCCCNC(=O)c1ccccc1)N1CC2OCCN(Cc3ccccc3)C2C1.I. The van der Waals surface area contributed by atoms with E-state index in [1.54, 1.807) is 0 Å². The second kappa shape index (κ2) is 12.9. The summed E-state index contributed by atoms with van der Waals surface area (Å²) in [5, 5.41) is 6.42. The van der Waals surface area contributed by atoms with Crippen molar-refractivity contribution in [3.05, 3.63) is 71.8 Å². The van der Waals surface area contributed by atoms with E-state index in [1.165, 1.54) is 5.56 Å². The summed E-state index contributed by atoms with van der Waals surface area (Å²) in [7, 11) is 1.82. The standard InChI is InChI=1S/C25H33N5O2.HI/c1-26-25(28-14-8-13-27-24(31)21-11-6-3-7-12-21)30-18-22-23(19-30)32-16-15-29(22)17-20-9-4-2-5-10-20;/h2-7,9-12,22-23H,8,13-19H2,1H3,(H,26,28)(H,27,31);1H. The molecule has 4 rings (SSSR count). The van der Waals surface area contributed by atoms with Gasteiger partial charge in [-0.1, -0.05) is 48.5 Å². The third-order valence-corrected chi connectivity index (χ3v) is 6.11. The van der Waals surface area contributed by atoms with Gasteiger partial charge in [-0.15, -0.1) is 24.0 Å². The van der Waals surface area contributed by atoms with Gasteiger partial charge in [0.05, 0.1) is 18.8 Å². The highest BCUT2D eigenvalue weighted by molar-refractivity contribution is 14.0. The number of rotatable bonds is 7. The maximum atomic E-state index is 12.1. The fourth-order valence-electron chi connectivity index (χ4n) is 4.46. The van der Waals surface area contributed by atoms with E-state index in [4.69, 9.17) is 4.74 Å². The zero-order valence-electron chi connectivity index (χ0n) is 19.2. The van der Waals surface area contributed by atoms with Crippen molar-refractivity contribution in [2.45, 2.75) is 25.1 Å². The molecule has 2 aromatic carbocycles. The van der Waals surface area contributed by atoms with Gasteiger partial charge in [0.2, 0.25) is 0 Å². The van der Waals surface area contributed by atoms with Crippen LogP contribution >= 0.6 is 24.0 Å². The number of guanidine groups is 1. The maximum absolute atomic E-state index is 12.1. The Hall–Kier alpha value is -2.17. The highest BCUT2D eigenvalue weighted by Crippen LogP contribution is 2.24. The fraction of sp³-hybridized carbons (Fsp3) is 0.440. The highest BCUT2D eigenvalue weighted by Gasteiger charge is 2.41. The van der Waals surface area contributed by atoms with Crippen molar-refractivity contribution in [3.63, 3.8) is 0 Å². The van der Waals surface area contributed by atoms with Crippen LogP contribution in [0.25, 0.3) is 0 Å². The molecule has 7 nitrogen and oxygen atoms in total. The van der Waals surface area contributed by atoms with Gasteiger partial charge in [0.1, 0.15) is 0 Å². The molecule has 2 fully saturated rings. The van der Waals surface area contributed by atoms with E-state index >= 15 is 0 Å². The van der Waals surface area contributed by atoms with Crippen LogP contribution in [0.15, 0.2) is 65.7 Å². The van der Waals surface area contributed by atoms with Crippen molar-refractivity contribution in [1.82, 2.24) is 20.4 Å². The van der Waals surface area contributed by atoms with E-state index in [-0.39, 0.29) is 36.0 Å². The zero-order valence-corrected chi connectivity index (χ0v) is 21.5. The molecule has 178 valence electrons. The lowest BCUT2D eigenvalue weighted by Crippen LogP contribution is -2.50. The number of amides is 1. The monoisotopic (exact) mass is 563 g/mol. The topological polar surface area (TPSA) is 69.2 Å². The molecule has 2 aliphatic rings. The smallest absolute Gasteiger partial charge is 0.251 e. The lowest BCUT2D eigenvalue weighted by atomic mass is 10.1. The Bertz CT molecular complexity index is 896. The van der Waals surface area contributed by atoms with E-state index in [2.05, 4.69) is 55.8 Å². The zero-order chi connectivity index (χ0) is 22.2. The van der Waals surface area contributed by atoms with Crippen LogP contribution in [0.5, 0.6) is 0 Å². The molecular formula is C25H34IN5O2. The second-order valence-electron chi connectivity index (χ2n) is 8.29. The maximum Gasteiger partial charge on any atom is 0.251 e. The predicted octanol–water partition coefficient (Wildman–Crippen LogP) is 2.59. The Labute approximate surface area is 213 Å². The number of halogens is 1. The molecule has 2 unspecified atom stereocenters. The van der Waals surface area contributed by atoms with E-state index in [0.717, 1.165) is 51.7 Å². The molecule has 0 saturated carbocycles. The van der Waals surface area contributed by atoms with E-state index in [0.29, 0.717) is 18.2 Å². The average Bonchev–Trinajstić information content (AvgIpc) is 3.27. The third-order valence-electron chi connectivity index (χ3n) is 6.11. The molecule has 1 amide bonds. The Morgan fingerprint density at radius 1 is 1.03 bits per heavy atom. The summed E-state index contributed by atoms with van der Waals surface area (Å²) in [6, 6.07) is 20.3. The van der Waals surface area contributed by atoms with Gasteiger partial charge in [0.25, 0.3) is 5.91 Å². The molecule has 2 heterocycles. The van der Waals surface area contributed by atoms with Gasteiger partial charge in [-0.2, -0.15) is 0 Å². The highest BCUT2D eigenvalue weighted by atomic mass is 127. The number of likely N-dealkylation sites (tertiary alicyclic amines) is 1. The Balaban J connectivity index is 0.00000306. The first-order valence-corrected chi connectivity index (χ1v) is 11.4. The van der Waals surface area contributed by atoms with Gasteiger partial charge >= 0.3 is 0 Å². The number of benzene rings is 2. The summed E-state index contributed by atoms with van der Waals surface area (Å²) in [6.07, 6.45) is 1.03. The Morgan fingerprint density at radius 3 is 2.45 bits per heavy atom. The van der Waals surface area contributed by atoms with Crippen LogP contribution < -0.4 is 10.6 Å². The molecule has 0 aliphatic carbocycles. The first kappa shape index (κ1) is 25.5. The predicted molar refractivity (Wildman–Crippen MR) is 142 cm³/mol. The number of fused-ring (bicyclic) bond motifs is 1. The van der Waals surface area contributed by atoms with E-state index in [1.807, 2.05) is 37.4 Å². The van der Waals surface area contributed by atoms with Crippen LogP contribution in [-0.2, 0) is 11.3 Å². The van der Waals surface area contributed by atoms with Gasteiger partial charge in [0.15, 0.2) is 5.96 Å². The van der Waals surface area contributed by atoms with Gasteiger partial charge in [-0.3, -0.25) is 14.7 Å². The van der Waals surface area contributed by atoms with Crippen LogP contribution in [0.1, 0.15) is 22.3 Å². The van der Waals surface area contributed by atoms with Crippen LogP contribution in [-0.4, -0.2) is 80.2 Å². The first-order chi connectivity index (χ1) is 15.7. The Morgan fingerprint density at radius 2 is 1.73 bits per heavy atom. The Kier molecular flexibility index (Phi) is 9.95. The van der Waals surface area contributed by atoms with Crippen LogP contribution in [0.3, 0.4) is 0 Å². The number of carbonyl (C=O) groups excluding carboxylic acids is 1. The summed E-state index contributed by atoms with van der Waals surface area (Å²) < 4.78 is 6.09. The quantitative estimate of drug-likeness (QED) is 0.235. The number of carbonyl (C=O) groups is 1. The van der Waals surface area contributed by atoms with Crippen LogP contribution in [0, 0.1) is 0 Å². The van der Waals surface area contributed by atoms with Crippen molar-refractivity contribution in [1.29, 1.82) is 0 Å². The molecule has 2 aliphatic heterocycles. The van der Waals surface area contributed by atoms with Crippen molar-refractivity contribution < 1.29 is 9.53 Å².